The molecule has 1 aromatic heterocycles. The molecule has 0 radical (unpaired) electrons. The van der Waals surface area contributed by atoms with Gasteiger partial charge in [0.1, 0.15) is 6.26 Å². The third-order valence-electron chi connectivity index (χ3n) is 2.28. The Bertz CT molecular complexity index is 251. The number of oxazole rings is 1. The van der Waals surface area contributed by atoms with Crippen molar-refractivity contribution in [3.05, 3.63) is 17.8 Å². The Kier molecular flexibility index (Phi) is 2.13. The number of hydrogen-bond acceptors (Lipinski definition) is 3. The van der Waals surface area contributed by atoms with Crippen LogP contribution in [0.4, 0.5) is 0 Å². The van der Waals surface area contributed by atoms with E-state index in [0.717, 1.165) is 24.7 Å². The fourth-order valence-electron chi connectivity index (χ4n) is 1.62. The molecule has 66 valence electrons. The fourth-order valence-corrected chi connectivity index (χ4v) is 1.62. The molecule has 2 heterocycles. The maximum Gasteiger partial charge on any atom is 0.198 e. The highest BCUT2D eigenvalue weighted by atomic mass is 16.3. The molecule has 0 spiro atoms. The lowest BCUT2D eigenvalue weighted by Gasteiger charge is -2.19. The van der Waals surface area contributed by atoms with Crippen LogP contribution in [-0.4, -0.2) is 18.1 Å². The van der Waals surface area contributed by atoms with Crippen molar-refractivity contribution in [2.75, 3.05) is 13.1 Å². The minimum absolute atomic E-state index is 0.493. The normalized spacial score (nSPS) is 24.2. The SMILES string of the molecule is Cc1coc(C2CCCNC2)n1. The molecule has 0 amide bonds. The van der Waals surface area contributed by atoms with Gasteiger partial charge in [0.2, 0.25) is 0 Å². The van der Waals surface area contributed by atoms with Crippen LogP contribution in [0, 0.1) is 6.92 Å². The van der Waals surface area contributed by atoms with Crippen LogP contribution in [0.1, 0.15) is 30.3 Å². The molecule has 0 bridgehead atoms. The van der Waals surface area contributed by atoms with Gasteiger partial charge in [-0.2, -0.15) is 0 Å². The standard InChI is InChI=1S/C9H14N2O/c1-7-6-12-9(11-7)8-3-2-4-10-5-8/h6,8,10H,2-5H2,1H3. The molecule has 0 aromatic carbocycles. The highest BCUT2D eigenvalue weighted by Crippen LogP contribution is 2.21. The predicted molar refractivity (Wildman–Crippen MR) is 46.1 cm³/mol. The van der Waals surface area contributed by atoms with Gasteiger partial charge >= 0.3 is 0 Å². The largest absolute Gasteiger partial charge is 0.448 e. The second-order valence-electron chi connectivity index (χ2n) is 3.37. The number of hydrogen-bond donors (Lipinski definition) is 1. The van der Waals surface area contributed by atoms with Gasteiger partial charge in [0.15, 0.2) is 5.89 Å². The van der Waals surface area contributed by atoms with E-state index in [2.05, 4.69) is 10.3 Å². The Morgan fingerprint density at radius 3 is 3.17 bits per heavy atom. The van der Waals surface area contributed by atoms with Crippen LogP contribution in [0.25, 0.3) is 0 Å². The molecular formula is C9H14N2O. The van der Waals surface area contributed by atoms with Crippen molar-refractivity contribution in [2.24, 2.45) is 0 Å². The van der Waals surface area contributed by atoms with Crippen LogP contribution in [-0.2, 0) is 0 Å². The zero-order chi connectivity index (χ0) is 8.39. The van der Waals surface area contributed by atoms with Crippen molar-refractivity contribution < 1.29 is 4.42 Å². The monoisotopic (exact) mass is 166 g/mol. The van der Waals surface area contributed by atoms with Crippen LogP contribution < -0.4 is 5.32 Å². The second-order valence-corrected chi connectivity index (χ2v) is 3.37. The lowest BCUT2D eigenvalue weighted by molar-refractivity contribution is 0.376. The lowest BCUT2D eigenvalue weighted by Crippen LogP contribution is -2.28. The number of rotatable bonds is 1. The predicted octanol–water partition coefficient (Wildman–Crippen LogP) is 1.45. The van der Waals surface area contributed by atoms with Crippen molar-refractivity contribution in [3.63, 3.8) is 0 Å². The Hall–Kier alpha value is -0.830. The first kappa shape index (κ1) is 7.80. The van der Waals surface area contributed by atoms with E-state index in [-0.39, 0.29) is 0 Å². The molecule has 1 saturated heterocycles. The molecular weight excluding hydrogens is 152 g/mol. The van der Waals surface area contributed by atoms with Crippen molar-refractivity contribution in [3.8, 4) is 0 Å². The molecule has 1 unspecified atom stereocenters. The Morgan fingerprint density at radius 1 is 1.67 bits per heavy atom. The summed E-state index contributed by atoms with van der Waals surface area (Å²) in [7, 11) is 0. The molecule has 1 fully saturated rings. The van der Waals surface area contributed by atoms with Crippen LogP contribution in [0.2, 0.25) is 0 Å². The van der Waals surface area contributed by atoms with Crippen molar-refractivity contribution in [2.45, 2.75) is 25.7 Å². The van der Waals surface area contributed by atoms with Crippen LogP contribution in [0.3, 0.4) is 0 Å². The van der Waals surface area contributed by atoms with Gasteiger partial charge in [0.25, 0.3) is 0 Å². The molecule has 1 atom stereocenters. The van der Waals surface area contributed by atoms with E-state index in [1.807, 2.05) is 6.92 Å². The van der Waals surface area contributed by atoms with Gasteiger partial charge in [-0.05, 0) is 26.3 Å². The first-order valence-electron chi connectivity index (χ1n) is 4.49. The molecule has 3 heteroatoms. The molecule has 12 heavy (non-hydrogen) atoms. The maximum atomic E-state index is 5.35. The number of nitrogens with one attached hydrogen (secondary N) is 1. The number of aromatic nitrogens is 1. The average Bonchev–Trinajstić information content (AvgIpc) is 2.54. The fraction of sp³-hybridized carbons (Fsp3) is 0.667. The lowest BCUT2D eigenvalue weighted by atomic mass is 10.00. The van der Waals surface area contributed by atoms with Crippen molar-refractivity contribution in [1.29, 1.82) is 0 Å². The van der Waals surface area contributed by atoms with Gasteiger partial charge in [-0.3, -0.25) is 0 Å². The van der Waals surface area contributed by atoms with Crippen molar-refractivity contribution in [1.82, 2.24) is 10.3 Å². The van der Waals surface area contributed by atoms with Gasteiger partial charge in [-0.25, -0.2) is 4.98 Å². The van der Waals surface area contributed by atoms with Gasteiger partial charge in [0, 0.05) is 12.5 Å². The molecule has 2 rings (SSSR count). The van der Waals surface area contributed by atoms with Crippen LogP contribution in [0.15, 0.2) is 10.7 Å². The number of aryl methyl sites for hydroxylation is 1. The summed E-state index contributed by atoms with van der Waals surface area (Å²) in [6.45, 7) is 4.11. The smallest absolute Gasteiger partial charge is 0.198 e. The Labute approximate surface area is 72.2 Å². The third kappa shape index (κ3) is 1.50. The van der Waals surface area contributed by atoms with E-state index >= 15 is 0 Å². The highest BCUT2D eigenvalue weighted by molar-refractivity contribution is 5.00. The number of nitrogens with zero attached hydrogens (tertiary/aromatic N) is 1. The van der Waals surface area contributed by atoms with Gasteiger partial charge < -0.3 is 9.73 Å². The summed E-state index contributed by atoms with van der Waals surface area (Å²) in [5, 5.41) is 3.34. The Morgan fingerprint density at radius 2 is 2.58 bits per heavy atom. The number of piperidine rings is 1. The summed E-state index contributed by atoms with van der Waals surface area (Å²) in [5.41, 5.74) is 0.982. The molecule has 3 nitrogen and oxygen atoms in total. The summed E-state index contributed by atoms with van der Waals surface area (Å²) in [4.78, 5) is 4.33. The second kappa shape index (κ2) is 3.27. The molecule has 0 aliphatic carbocycles. The highest BCUT2D eigenvalue weighted by Gasteiger charge is 2.19. The third-order valence-corrected chi connectivity index (χ3v) is 2.28. The van der Waals surface area contributed by atoms with Gasteiger partial charge in [-0.15, -0.1) is 0 Å². The first-order chi connectivity index (χ1) is 5.86. The van der Waals surface area contributed by atoms with E-state index in [4.69, 9.17) is 4.42 Å². The Balaban J connectivity index is 2.08. The quantitative estimate of drug-likeness (QED) is 0.686. The summed E-state index contributed by atoms with van der Waals surface area (Å²) in [5.74, 6) is 1.40. The summed E-state index contributed by atoms with van der Waals surface area (Å²) >= 11 is 0. The zero-order valence-corrected chi connectivity index (χ0v) is 7.34. The molecule has 1 aliphatic heterocycles. The van der Waals surface area contributed by atoms with Crippen molar-refractivity contribution >= 4 is 0 Å². The van der Waals surface area contributed by atoms with Crippen LogP contribution in [0.5, 0.6) is 0 Å². The molecule has 1 aliphatic rings. The average molecular weight is 166 g/mol. The van der Waals surface area contributed by atoms with E-state index in [9.17, 15) is 0 Å². The summed E-state index contributed by atoms with van der Waals surface area (Å²) < 4.78 is 5.35. The van der Waals surface area contributed by atoms with Gasteiger partial charge in [0.05, 0.1) is 5.69 Å². The van der Waals surface area contributed by atoms with E-state index in [1.165, 1.54) is 12.8 Å². The summed E-state index contributed by atoms with van der Waals surface area (Å²) in [6.07, 6.45) is 4.16. The van der Waals surface area contributed by atoms with Gasteiger partial charge in [-0.1, -0.05) is 0 Å². The maximum absolute atomic E-state index is 5.35. The topological polar surface area (TPSA) is 38.1 Å². The molecule has 1 aromatic rings. The minimum atomic E-state index is 0.493. The minimum Gasteiger partial charge on any atom is -0.448 e. The van der Waals surface area contributed by atoms with E-state index in [0.29, 0.717) is 5.92 Å². The van der Waals surface area contributed by atoms with Crippen LogP contribution >= 0.6 is 0 Å². The van der Waals surface area contributed by atoms with E-state index in [1.54, 1.807) is 6.26 Å². The first-order valence-corrected chi connectivity index (χ1v) is 4.49. The zero-order valence-electron chi connectivity index (χ0n) is 7.34. The molecule has 1 N–H and O–H groups in total. The van der Waals surface area contributed by atoms with E-state index < -0.39 is 0 Å². The molecule has 0 saturated carbocycles. The summed E-state index contributed by atoms with van der Waals surface area (Å²) in [6, 6.07) is 0.